The third-order valence-corrected chi connectivity index (χ3v) is 15.1. The molecule has 0 aliphatic heterocycles. The quantitative estimate of drug-likeness (QED) is 0.0334. The molecule has 68 heavy (non-hydrogen) atoms. The van der Waals surface area contributed by atoms with Gasteiger partial charge in [-0.2, -0.15) is 0 Å². The Morgan fingerprint density at radius 1 is 0.338 bits per heavy atom. The fourth-order valence-electron chi connectivity index (χ4n) is 6.73. The average Bonchev–Trinajstić information content (AvgIpc) is 3.29. The Morgan fingerprint density at radius 2 is 0.515 bits per heavy atom. The normalized spacial score (nSPS) is 17.4. The summed E-state index contributed by atoms with van der Waals surface area (Å²) < 4.78 is 0. The number of aliphatic carboxylic acids is 2. The van der Waals surface area contributed by atoms with Crippen LogP contribution < -0.4 is 42.5 Å². The van der Waals surface area contributed by atoms with Gasteiger partial charge in [0.1, 0.15) is 48.3 Å². The molecule has 0 saturated heterocycles. The highest BCUT2D eigenvalue weighted by Crippen LogP contribution is 2.24. The topological polar surface area (TPSA) is 307 Å². The molecular formula is C46H82N8O12S2. The zero-order valence-electron chi connectivity index (χ0n) is 42.5. The lowest BCUT2D eigenvalue weighted by Crippen LogP contribution is -2.61. The molecule has 0 rings (SSSR count). The minimum Gasteiger partial charge on any atom is -0.480 e. The lowest BCUT2D eigenvalue weighted by Gasteiger charge is -2.31. The fraction of sp³-hybridized carbons (Fsp3) is 0.783. The molecule has 0 aliphatic carbocycles. The van der Waals surface area contributed by atoms with Crippen molar-refractivity contribution in [2.75, 3.05) is 11.5 Å². The van der Waals surface area contributed by atoms with E-state index < -0.39 is 119 Å². The molecule has 0 saturated carbocycles. The minimum atomic E-state index is -1.48. The highest BCUT2D eigenvalue weighted by atomic mass is 33.1. The van der Waals surface area contributed by atoms with Crippen LogP contribution in [0.3, 0.4) is 0 Å². The summed E-state index contributed by atoms with van der Waals surface area (Å²) in [7, 11) is 1.87. The Kier molecular flexibility index (Phi) is 30.1. The van der Waals surface area contributed by atoms with Crippen molar-refractivity contribution in [2.24, 2.45) is 35.5 Å². The van der Waals surface area contributed by atoms with Crippen LogP contribution in [-0.4, -0.2) is 129 Å². The molecule has 0 aromatic carbocycles. The van der Waals surface area contributed by atoms with E-state index in [2.05, 4.69) is 42.5 Å². The Morgan fingerprint density at radius 3 is 0.676 bits per heavy atom. The van der Waals surface area contributed by atoms with E-state index in [1.807, 2.05) is 27.7 Å². The van der Waals surface area contributed by atoms with Crippen LogP contribution >= 0.6 is 21.6 Å². The van der Waals surface area contributed by atoms with E-state index in [0.717, 1.165) is 21.6 Å². The molecule has 22 heteroatoms. The summed E-state index contributed by atoms with van der Waals surface area (Å²) in [6.45, 7) is 24.1. The number of carbonyl (C=O) groups is 10. The summed E-state index contributed by atoms with van der Waals surface area (Å²) in [6.07, 6.45) is 2.92. The molecule has 10 N–H and O–H groups in total. The summed E-state index contributed by atoms with van der Waals surface area (Å²) in [5.41, 5.74) is 0. The van der Waals surface area contributed by atoms with E-state index in [0.29, 0.717) is 38.5 Å². The molecule has 0 heterocycles. The van der Waals surface area contributed by atoms with Gasteiger partial charge < -0.3 is 52.7 Å². The van der Waals surface area contributed by atoms with E-state index in [-0.39, 0.29) is 35.2 Å². The zero-order valence-corrected chi connectivity index (χ0v) is 44.2. The number of nitrogens with one attached hydrogen (secondary N) is 8. The van der Waals surface area contributed by atoms with E-state index in [1.54, 1.807) is 55.4 Å². The summed E-state index contributed by atoms with van der Waals surface area (Å²) in [4.78, 5) is 131. The standard InChI is InChI=1S/C46H82N8O12S2/c1-15-23(7)33(47-29(13)55)41(59)53-37(27(11)19-5)43(61)51-35(25(9)17-3)39(57)49-31(45(63)64)21-67-68-22-32(46(65)66)50-40(58)36(26(10)18-4)52-44(62)38(28(12)20-6)54-42(60)34(24(8)16-2)48-30(14)56/h23-28,31-38H,15-22H2,1-14H3,(H,47,55)(H,48,56)(H,49,57)(H,50,58)(H,51,61)(H,52,62)(H,53,59)(H,54,60)(H,63,64)(H,65,66)/t23-,24-,25-,26-,27-,28-,31-,32-,33-,34-,35-,36-,37-,38-/m0/s1. The van der Waals surface area contributed by atoms with Crippen molar-refractivity contribution in [3.63, 3.8) is 0 Å². The van der Waals surface area contributed by atoms with E-state index in [9.17, 15) is 58.2 Å². The van der Waals surface area contributed by atoms with Crippen molar-refractivity contribution < 1.29 is 58.2 Å². The van der Waals surface area contributed by atoms with Crippen LogP contribution in [0.15, 0.2) is 0 Å². The second-order valence-electron chi connectivity index (χ2n) is 18.0. The molecule has 0 spiro atoms. The first kappa shape index (κ1) is 63.4. The van der Waals surface area contributed by atoms with Gasteiger partial charge in [0.05, 0.1) is 0 Å². The van der Waals surface area contributed by atoms with E-state index in [1.165, 1.54) is 13.8 Å². The number of hydrogen-bond donors (Lipinski definition) is 10. The monoisotopic (exact) mass is 1000 g/mol. The van der Waals surface area contributed by atoms with Gasteiger partial charge >= 0.3 is 11.9 Å². The Hall–Kier alpha value is -4.60. The molecule has 20 nitrogen and oxygen atoms in total. The average molecular weight is 1000 g/mol. The molecule has 390 valence electrons. The molecular weight excluding hydrogens is 921 g/mol. The van der Waals surface area contributed by atoms with Crippen molar-refractivity contribution in [2.45, 2.75) is 184 Å². The minimum absolute atomic E-state index is 0.243. The first-order valence-corrected chi connectivity index (χ1v) is 26.3. The molecule has 14 atom stereocenters. The summed E-state index contributed by atoms with van der Waals surface area (Å²) >= 11 is 0. The number of carboxylic acid groups (broad SMARTS) is 2. The third kappa shape index (κ3) is 21.4. The maximum atomic E-state index is 13.8. The molecule has 0 aliphatic rings. The van der Waals surface area contributed by atoms with Gasteiger partial charge in [-0.15, -0.1) is 0 Å². The van der Waals surface area contributed by atoms with Crippen molar-refractivity contribution >= 4 is 80.8 Å². The number of carbonyl (C=O) groups excluding carboxylic acids is 8. The van der Waals surface area contributed by atoms with Crippen molar-refractivity contribution in [1.29, 1.82) is 0 Å². The predicted octanol–water partition coefficient (Wildman–Crippen LogP) is 2.73. The molecule has 0 aromatic heterocycles. The summed E-state index contributed by atoms with van der Waals surface area (Å²) in [5.74, 6) is -10.4. The van der Waals surface area contributed by atoms with Gasteiger partial charge in [-0.3, -0.25) is 38.4 Å². The van der Waals surface area contributed by atoms with Gasteiger partial charge in [-0.05, 0) is 35.5 Å². The van der Waals surface area contributed by atoms with Crippen molar-refractivity contribution in [3.05, 3.63) is 0 Å². The Balaban J connectivity index is 6.08. The second-order valence-corrected chi connectivity index (χ2v) is 20.5. The van der Waals surface area contributed by atoms with E-state index in [4.69, 9.17) is 0 Å². The lowest BCUT2D eigenvalue weighted by molar-refractivity contribution is -0.142. The van der Waals surface area contributed by atoms with Gasteiger partial charge in [0.15, 0.2) is 0 Å². The van der Waals surface area contributed by atoms with Crippen molar-refractivity contribution in [3.8, 4) is 0 Å². The maximum absolute atomic E-state index is 13.8. The summed E-state index contributed by atoms with van der Waals surface area (Å²) in [6, 6.07) is -9.37. The van der Waals surface area contributed by atoms with Crippen LogP contribution in [0.4, 0.5) is 0 Å². The number of rotatable bonds is 33. The second kappa shape index (κ2) is 32.3. The molecule has 0 radical (unpaired) electrons. The highest BCUT2D eigenvalue weighted by molar-refractivity contribution is 8.76. The molecule has 0 bridgehead atoms. The third-order valence-electron chi connectivity index (χ3n) is 12.7. The van der Waals surface area contributed by atoms with Gasteiger partial charge in [0.25, 0.3) is 0 Å². The van der Waals surface area contributed by atoms with Crippen LogP contribution in [0.25, 0.3) is 0 Å². The van der Waals surface area contributed by atoms with Crippen molar-refractivity contribution in [1.82, 2.24) is 42.5 Å². The van der Waals surface area contributed by atoms with Gasteiger partial charge in [-0.1, -0.05) is 143 Å². The SMILES string of the molecule is CC[C@H](C)[C@H](NC(C)=O)C(=O)N[C@H](C(=O)N[C@H](C(=O)N[C@@H](CSSC[C@H](NC(=O)[C@@H](NC(=O)[C@@H](NC(=O)[C@@H](NC(C)=O)[C@@H](C)CC)[C@@H](C)CC)[C@@H](C)CC)C(=O)O)C(=O)O)[C@@H](C)CC)[C@@H](C)CC. The first-order valence-electron chi connectivity index (χ1n) is 23.8. The first-order chi connectivity index (χ1) is 31.8. The van der Waals surface area contributed by atoms with Gasteiger partial charge in [0.2, 0.25) is 47.3 Å². The van der Waals surface area contributed by atoms with E-state index >= 15 is 0 Å². The fourth-order valence-corrected chi connectivity index (χ4v) is 9.04. The van der Waals surface area contributed by atoms with Crippen LogP contribution in [0.1, 0.15) is 135 Å². The molecule has 0 aromatic rings. The van der Waals surface area contributed by atoms with Gasteiger partial charge in [0, 0.05) is 25.4 Å². The molecule has 0 unspecified atom stereocenters. The van der Waals surface area contributed by atoms with Crippen LogP contribution in [0.2, 0.25) is 0 Å². The highest BCUT2D eigenvalue weighted by Gasteiger charge is 2.38. The van der Waals surface area contributed by atoms with Crippen LogP contribution in [0, 0.1) is 35.5 Å². The molecule has 0 fully saturated rings. The number of carboxylic acids is 2. The largest absolute Gasteiger partial charge is 0.480 e. The lowest BCUT2D eigenvalue weighted by atomic mass is 9.93. The van der Waals surface area contributed by atoms with Crippen LogP contribution in [0.5, 0.6) is 0 Å². The summed E-state index contributed by atoms with van der Waals surface area (Å²) in [5, 5.41) is 41.4. The predicted molar refractivity (Wildman–Crippen MR) is 264 cm³/mol. The van der Waals surface area contributed by atoms with Crippen LogP contribution in [-0.2, 0) is 47.9 Å². The number of amides is 8. The Labute approximate surface area is 410 Å². The molecule has 8 amide bonds. The number of hydrogen-bond acceptors (Lipinski definition) is 12. The zero-order chi connectivity index (χ0) is 52.6. The maximum Gasteiger partial charge on any atom is 0.327 e. The van der Waals surface area contributed by atoms with Gasteiger partial charge in [-0.25, -0.2) is 9.59 Å². The Bertz CT molecular complexity index is 1590. The smallest absolute Gasteiger partial charge is 0.327 e.